The minimum absolute atomic E-state index is 0.0224. The molecule has 0 radical (unpaired) electrons. The molecule has 1 saturated heterocycles. The van der Waals surface area contributed by atoms with Crippen LogP contribution in [0, 0.1) is 0 Å². The van der Waals surface area contributed by atoms with Crippen molar-refractivity contribution in [3.05, 3.63) is 23.2 Å². The summed E-state index contributed by atoms with van der Waals surface area (Å²) in [7, 11) is 0. The standard InChI is InChI=1S/C10H12ClN3O/c11-8-5-7(12)1-2-9(8)14-4-3-13-10(15)6-14/h1-2,5H,3-4,6,12H2,(H,13,15). The number of piperazine rings is 1. The average Bonchev–Trinajstić information content (AvgIpc) is 2.17. The monoisotopic (exact) mass is 225 g/mol. The van der Waals surface area contributed by atoms with Crippen LogP contribution in [-0.4, -0.2) is 25.5 Å². The Balaban J connectivity index is 2.24. The molecule has 4 nitrogen and oxygen atoms in total. The SMILES string of the molecule is Nc1ccc(N2CCNC(=O)C2)c(Cl)c1. The van der Waals surface area contributed by atoms with Crippen LogP contribution in [0.2, 0.25) is 5.02 Å². The Bertz CT molecular complexity index is 394. The van der Waals surface area contributed by atoms with Crippen LogP contribution in [0.25, 0.3) is 0 Å². The van der Waals surface area contributed by atoms with E-state index < -0.39 is 0 Å². The predicted octanol–water partition coefficient (Wildman–Crippen LogP) is 0.858. The van der Waals surface area contributed by atoms with Gasteiger partial charge < -0.3 is 16.0 Å². The lowest BCUT2D eigenvalue weighted by atomic mass is 10.2. The molecule has 1 aromatic rings. The van der Waals surface area contributed by atoms with E-state index in [0.717, 1.165) is 12.2 Å². The molecular formula is C10H12ClN3O. The molecule has 0 bridgehead atoms. The average molecular weight is 226 g/mol. The van der Waals surface area contributed by atoms with Crippen LogP contribution in [0.3, 0.4) is 0 Å². The van der Waals surface area contributed by atoms with Crippen LogP contribution in [0.5, 0.6) is 0 Å². The highest BCUT2D eigenvalue weighted by Crippen LogP contribution is 2.27. The first kappa shape index (κ1) is 10.1. The van der Waals surface area contributed by atoms with E-state index in [9.17, 15) is 4.79 Å². The molecule has 1 fully saturated rings. The molecule has 80 valence electrons. The van der Waals surface area contributed by atoms with Gasteiger partial charge in [0.1, 0.15) is 0 Å². The summed E-state index contributed by atoms with van der Waals surface area (Å²) in [5, 5.41) is 3.35. The number of hydrogen-bond donors (Lipinski definition) is 2. The molecule has 0 saturated carbocycles. The highest BCUT2D eigenvalue weighted by Gasteiger charge is 2.18. The minimum atomic E-state index is 0.0224. The van der Waals surface area contributed by atoms with Crippen molar-refractivity contribution in [1.29, 1.82) is 0 Å². The first-order valence-corrected chi connectivity index (χ1v) is 5.11. The second-order valence-corrected chi connectivity index (χ2v) is 3.89. The van der Waals surface area contributed by atoms with E-state index in [-0.39, 0.29) is 5.91 Å². The molecule has 0 spiro atoms. The molecule has 15 heavy (non-hydrogen) atoms. The van der Waals surface area contributed by atoms with Gasteiger partial charge in [-0.05, 0) is 18.2 Å². The fourth-order valence-corrected chi connectivity index (χ4v) is 1.93. The zero-order chi connectivity index (χ0) is 10.8. The molecular weight excluding hydrogens is 214 g/mol. The number of halogens is 1. The zero-order valence-corrected chi connectivity index (χ0v) is 8.92. The third kappa shape index (κ3) is 2.15. The van der Waals surface area contributed by atoms with Gasteiger partial charge in [-0.1, -0.05) is 11.6 Å². The Kier molecular flexibility index (Phi) is 2.68. The van der Waals surface area contributed by atoms with Crippen molar-refractivity contribution in [2.24, 2.45) is 0 Å². The van der Waals surface area contributed by atoms with Crippen LogP contribution >= 0.6 is 11.6 Å². The third-order valence-electron chi connectivity index (χ3n) is 2.35. The molecule has 0 aromatic heterocycles. The maximum absolute atomic E-state index is 11.2. The summed E-state index contributed by atoms with van der Waals surface area (Å²) in [4.78, 5) is 13.1. The van der Waals surface area contributed by atoms with Crippen molar-refractivity contribution in [3.8, 4) is 0 Å². The molecule has 1 aliphatic rings. The molecule has 1 amide bonds. The largest absolute Gasteiger partial charge is 0.399 e. The van der Waals surface area contributed by atoms with Gasteiger partial charge in [0.05, 0.1) is 17.3 Å². The maximum atomic E-state index is 11.2. The van der Waals surface area contributed by atoms with Gasteiger partial charge in [0.15, 0.2) is 0 Å². The molecule has 0 atom stereocenters. The van der Waals surface area contributed by atoms with E-state index >= 15 is 0 Å². The van der Waals surface area contributed by atoms with Crippen molar-refractivity contribution < 1.29 is 4.79 Å². The first-order chi connectivity index (χ1) is 7.16. The summed E-state index contributed by atoms with van der Waals surface area (Å²) in [6.45, 7) is 1.78. The zero-order valence-electron chi connectivity index (χ0n) is 8.16. The summed E-state index contributed by atoms with van der Waals surface area (Å²) in [6, 6.07) is 5.33. The van der Waals surface area contributed by atoms with Crippen LogP contribution in [0.15, 0.2) is 18.2 Å². The Morgan fingerprint density at radius 3 is 2.93 bits per heavy atom. The van der Waals surface area contributed by atoms with E-state index in [2.05, 4.69) is 5.32 Å². The minimum Gasteiger partial charge on any atom is -0.399 e. The van der Waals surface area contributed by atoms with Gasteiger partial charge in [-0.2, -0.15) is 0 Å². The number of nitrogens with zero attached hydrogens (tertiary/aromatic N) is 1. The molecule has 2 rings (SSSR count). The molecule has 0 aliphatic carbocycles. The summed E-state index contributed by atoms with van der Waals surface area (Å²) >= 11 is 6.06. The number of carbonyl (C=O) groups excluding carboxylic acids is 1. The van der Waals surface area contributed by atoms with Crippen molar-refractivity contribution in [2.45, 2.75) is 0 Å². The number of nitrogens with one attached hydrogen (secondary N) is 1. The Morgan fingerprint density at radius 1 is 1.47 bits per heavy atom. The van der Waals surface area contributed by atoms with Gasteiger partial charge in [-0.25, -0.2) is 0 Å². The van der Waals surface area contributed by atoms with Gasteiger partial charge in [0.25, 0.3) is 0 Å². The topological polar surface area (TPSA) is 58.4 Å². The van der Waals surface area contributed by atoms with E-state index in [4.69, 9.17) is 17.3 Å². The number of amides is 1. The van der Waals surface area contributed by atoms with Crippen molar-refractivity contribution in [3.63, 3.8) is 0 Å². The number of nitrogens with two attached hydrogens (primary N) is 1. The van der Waals surface area contributed by atoms with E-state index in [1.54, 1.807) is 12.1 Å². The van der Waals surface area contributed by atoms with Gasteiger partial charge in [0, 0.05) is 18.8 Å². The highest BCUT2D eigenvalue weighted by atomic mass is 35.5. The van der Waals surface area contributed by atoms with Crippen molar-refractivity contribution in [1.82, 2.24) is 5.32 Å². The lowest BCUT2D eigenvalue weighted by Gasteiger charge is -2.29. The van der Waals surface area contributed by atoms with Gasteiger partial charge in [0.2, 0.25) is 5.91 Å². The maximum Gasteiger partial charge on any atom is 0.239 e. The van der Waals surface area contributed by atoms with Crippen molar-refractivity contribution in [2.75, 3.05) is 30.3 Å². The highest BCUT2D eigenvalue weighted by molar-refractivity contribution is 6.33. The number of carbonyl (C=O) groups is 1. The Hall–Kier alpha value is -1.42. The summed E-state index contributed by atoms with van der Waals surface area (Å²) in [6.07, 6.45) is 0. The number of nitrogen functional groups attached to an aromatic ring is 1. The number of hydrogen-bond acceptors (Lipinski definition) is 3. The van der Waals surface area contributed by atoms with E-state index in [0.29, 0.717) is 23.8 Å². The summed E-state index contributed by atoms with van der Waals surface area (Å²) in [5.41, 5.74) is 7.09. The van der Waals surface area contributed by atoms with Crippen molar-refractivity contribution >= 4 is 28.9 Å². The molecule has 3 N–H and O–H groups in total. The lowest BCUT2D eigenvalue weighted by molar-refractivity contribution is -0.120. The van der Waals surface area contributed by atoms with Crippen LogP contribution in [0.1, 0.15) is 0 Å². The smallest absolute Gasteiger partial charge is 0.239 e. The Morgan fingerprint density at radius 2 is 2.27 bits per heavy atom. The molecule has 1 heterocycles. The third-order valence-corrected chi connectivity index (χ3v) is 2.65. The van der Waals surface area contributed by atoms with Crippen LogP contribution in [0.4, 0.5) is 11.4 Å². The predicted molar refractivity (Wildman–Crippen MR) is 61.1 cm³/mol. The van der Waals surface area contributed by atoms with Gasteiger partial charge >= 0.3 is 0 Å². The number of anilines is 2. The van der Waals surface area contributed by atoms with Gasteiger partial charge in [-0.3, -0.25) is 4.79 Å². The fourth-order valence-electron chi connectivity index (χ4n) is 1.62. The van der Waals surface area contributed by atoms with Gasteiger partial charge in [-0.15, -0.1) is 0 Å². The fraction of sp³-hybridized carbons (Fsp3) is 0.300. The Labute approximate surface area is 93.0 Å². The summed E-state index contributed by atoms with van der Waals surface area (Å²) in [5.74, 6) is 0.0224. The van der Waals surface area contributed by atoms with Crippen LogP contribution < -0.4 is 16.0 Å². The second-order valence-electron chi connectivity index (χ2n) is 3.48. The second kappa shape index (κ2) is 3.98. The molecule has 5 heteroatoms. The number of rotatable bonds is 1. The number of benzene rings is 1. The quantitative estimate of drug-likeness (QED) is 0.697. The van der Waals surface area contributed by atoms with Crippen LogP contribution in [-0.2, 0) is 4.79 Å². The normalized spacial score (nSPS) is 16.3. The lowest BCUT2D eigenvalue weighted by Crippen LogP contribution is -2.47. The first-order valence-electron chi connectivity index (χ1n) is 4.73. The molecule has 0 unspecified atom stereocenters. The van der Waals surface area contributed by atoms with E-state index in [1.165, 1.54) is 0 Å². The van der Waals surface area contributed by atoms with E-state index in [1.807, 2.05) is 11.0 Å². The summed E-state index contributed by atoms with van der Waals surface area (Å²) < 4.78 is 0. The molecule has 1 aliphatic heterocycles. The molecule has 1 aromatic carbocycles.